The standard InChI is InChI=1S/C14H23NO3S/c1-2-12-4-3-6-14(16,7-5-12)13(10-15)8-9-19(17,18)11-13/h12,16H,2-9,11H2,1H3. The molecule has 2 rings (SSSR count). The molecule has 1 N–H and O–H groups in total. The van der Waals surface area contributed by atoms with Gasteiger partial charge in [0.25, 0.3) is 0 Å². The van der Waals surface area contributed by atoms with E-state index in [4.69, 9.17) is 0 Å². The molecule has 1 heterocycles. The van der Waals surface area contributed by atoms with E-state index in [9.17, 15) is 18.8 Å². The summed E-state index contributed by atoms with van der Waals surface area (Å²) in [4.78, 5) is 0. The van der Waals surface area contributed by atoms with Crippen LogP contribution in [0.4, 0.5) is 0 Å². The van der Waals surface area contributed by atoms with E-state index in [1.165, 1.54) is 0 Å². The predicted octanol–water partition coefficient (Wildman–Crippen LogP) is 2.04. The molecule has 3 unspecified atom stereocenters. The summed E-state index contributed by atoms with van der Waals surface area (Å²) in [6, 6.07) is 2.17. The topological polar surface area (TPSA) is 78.2 Å². The van der Waals surface area contributed by atoms with Crippen molar-refractivity contribution in [3.63, 3.8) is 0 Å². The molecular formula is C14H23NO3S. The summed E-state index contributed by atoms with van der Waals surface area (Å²) in [6.07, 6.45) is 5.37. The van der Waals surface area contributed by atoms with Gasteiger partial charge in [0.1, 0.15) is 5.41 Å². The van der Waals surface area contributed by atoms with Crippen LogP contribution in [-0.2, 0) is 9.84 Å². The number of nitrogens with zero attached hydrogens (tertiary/aromatic N) is 1. The summed E-state index contributed by atoms with van der Waals surface area (Å²) in [7, 11) is -3.17. The van der Waals surface area contributed by atoms with Crippen LogP contribution >= 0.6 is 0 Å². The first-order chi connectivity index (χ1) is 8.86. The fourth-order valence-electron chi connectivity index (χ4n) is 3.69. The van der Waals surface area contributed by atoms with E-state index in [0.717, 1.165) is 25.7 Å². The molecule has 2 aliphatic rings. The van der Waals surface area contributed by atoms with Crippen molar-refractivity contribution in [2.75, 3.05) is 11.5 Å². The van der Waals surface area contributed by atoms with Crippen LogP contribution in [0, 0.1) is 22.7 Å². The predicted molar refractivity (Wildman–Crippen MR) is 73.1 cm³/mol. The zero-order valence-electron chi connectivity index (χ0n) is 11.6. The molecule has 1 aliphatic carbocycles. The largest absolute Gasteiger partial charge is 0.388 e. The van der Waals surface area contributed by atoms with Crippen LogP contribution in [0.2, 0.25) is 0 Å². The van der Waals surface area contributed by atoms with E-state index in [0.29, 0.717) is 25.2 Å². The molecule has 0 aromatic heterocycles. The van der Waals surface area contributed by atoms with Crippen molar-refractivity contribution < 1.29 is 13.5 Å². The Labute approximate surface area is 115 Å². The van der Waals surface area contributed by atoms with Gasteiger partial charge in [-0.15, -0.1) is 0 Å². The summed E-state index contributed by atoms with van der Waals surface area (Å²) in [5.74, 6) is 0.479. The Morgan fingerprint density at radius 1 is 1.32 bits per heavy atom. The third-order valence-corrected chi connectivity index (χ3v) is 6.92. The molecular weight excluding hydrogens is 262 g/mol. The van der Waals surface area contributed by atoms with Crippen LogP contribution in [0.3, 0.4) is 0 Å². The van der Waals surface area contributed by atoms with Gasteiger partial charge in [-0.2, -0.15) is 5.26 Å². The van der Waals surface area contributed by atoms with E-state index in [2.05, 4.69) is 13.0 Å². The summed E-state index contributed by atoms with van der Waals surface area (Å²) >= 11 is 0. The molecule has 1 aliphatic heterocycles. The van der Waals surface area contributed by atoms with Crippen molar-refractivity contribution in [1.29, 1.82) is 5.26 Å². The third kappa shape index (κ3) is 2.66. The second-order valence-electron chi connectivity index (χ2n) is 6.27. The molecule has 0 radical (unpaired) electrons. The van der Waals surface area contributed by atoms with Gasteiger partial charge in [-0.05, 0) is 31.6 Å². The van der Waals surface area contributed by atoms with Crippen molar-refractivity contribution >= 4 is 9.84 Å². The number of nitriles is 1. The Balaban J connectivity index is 2.25. The fraction of sp³-hybridized carbons (Fsp3) is 0.929. The maximum absolute atomic E-state index is 11.7. The zero-order valence-corrected chi connectivity index (χ0v) is 12.4. The van der Waals surface area contributed by atoms with Crippen molar-refractivity contribution in [3.8, 4) is 6.07 Å². The molecule has 4 nitrogen and oxygen atoms in total. The summed E-state index contributed by atoms with van der Waals surface area (Å²) in [5, 5.41) is 20.5. The summed E-state index contributed by atoms with van der Waals surface area (Å²) in [6.45, 7) is 2.15. The van der Waals surface area contributed by atoms with Crippen LogP contribution < -0.4 is 0 Å². The molecule has 0 amide bonds. The van der Waals surface area contributed by atoms with Gasteiger partial charge in [0, 0.05) is 0 Å². The average molecular weight is 285 g/mol. The quantitative estimate of drug-likeness (QED) is 0.787. The molecule has 1 saturated carbocycles. The monoisotopic (exact) mass is 285 g/mol. The van der Waals surface area contributed by atoms with E-state index in [1.54, 1.807) is 0 Å². The minimum Gasteiger partial charge on any atom is -0.388 e. The molecule has 108 valence electrons. The average Bonchev–Trinajstić information content (AvgIpc) is 2.57. The summed E-state index contributed by atoms with van der Waals surface area (Å²) < 4.78 is 23.5. The van der Waals surface area contributed by atoms with Crippen LogP contribution in [0.5, 0.6) is 0 Å². The molecule has 5 heteroatoms. The first kappa shape index (κ1) is 14.8. The first-order valence-corrected chi connectivity index (χ1v) is 9.03. The lowest BCUT2D eigenvalue weighted by molar-refractivity contribution is -0.0567. The van der Waals surface area contributed by atoms with Crippen LogP contribution in [0.25, 0.3) is 0 Å². The number of hydrogen-bond donors (Lipinski definition) is 1. The second-order valence-corrected chi connectivity index (χ2v) is 8.46. The molecule has 2 fully saturated rings. The highest BCUT2D eigenvalue weighted by Crippen LogP contribution is 2.48. The van der Waals surface area contributed by atoms with E-state index in [1.807, 2.05) is 0 Å². The lowest BCUT2D eigenvalue weighted by Gasteiger charge is -2.39. The Bertz CT molecular complexity index is 481. The molecule has 0 aromatic carbocycles. The molecule has 0 aromatic rings. The normalized spacial score (nSPS) is 42.5. The van der Waals surface area contributed by atoms with E-state index in [-0.39, 0.29) is 11.5 Å². The van der Waals surface area contributed by atoms with Gasteiger partial charge in [0.15, 0.2) is 9.84 Å². The smallest absolute Gasteiger partial charge is 0.152 e. The minimum atomic E-state index is -3.17. The minimum absolute atomic E-state index is 0.0417. The van der Waals surface area contributed by atoms with E-state index >= 15 is 0 Å². The zero-order chi connectivity index (χ0) is 14.1. The van der Waals surface area contributed by atoms with Gasteiger partial charge in [0.05, 0.1) is 23.2 Å². The van der Waals surface area contributed by atoms with Crippen LogP contribution in [0.1, 0.15) is 51.9 Å². The van der Waals surface area contributed by atoms with Gasteiger partial charge in [-0.1, -0.05) is 26.2 Å². The van der Waals surface area contributed by atoms with Gasteiger partial charge in [-0.25, -0.2) is 8.42 Å². The number of rotatable bonds is 2. The first-order valence-electron chi connectivity index (χ1n) is 7.20. The number of hydrogen-bond acceptors (Lipinski definition) is 4. The Morgan fingerprint density at radius 2 is 2.05 bits per heavy atom. The lowest BCUT2D eigenvalue weighted by atomic mass is 9.68. The van der Waals surface area contributed by atoms with Crippen molar-refractivity contribution in [3.05, 3.63) is 0 Å². The Morgan fingerprint density at radius 3 is 2.58 bits per heavy atom. The maximum atomic E-state index is 11.7. The number of aliphatic hydroxyl groups is 1. The molecule has 0 spiro atoms. The van der Waals surface area contributed by atoms with E-state index < -0.39 is 20.9 Å². The Kier molecular flexibility index (Phi) is 3.95. The van der Waals surface area contributed by atoms with Crippen molar-refractivity contribution in [2.45, 2.75) is 57.5 Å². The summed E-state index contributed by atoms with van der Waals surface area (Å²) in [5.41, 5.74) is -2.19. The molecule has 1 saturated heterocycles. The number of sulfone groups is 1. The van der Waals surface area contributed by atoms with Gasteiger partial charge in [-0.3, -0.25) is 0 Å². The van der Waals surface area contributed by atoms with Crippen molar-refractivity contribution in [1.82, 2.24) is 0 Å². The van der Waals surface area contributed by atoms with Crippen LogP contribution in [0.15, 0.2) is 0 Å². The fourth-order valence-corrected chi connectivity index (χ4v) is 5.72. The SMILES string of the molecule is CCC1CCCC(O)(C2(C#N)CCS(=O)(=O)C2)CC1. The highest BCUT2D eigenvalue weighted by atomic mass is 32.2. The highest BCUT2D eigenvalue weighted by Gasteiger charge is 2.56. The van der Waals surface area contributed by atoms with Gasteiger partial charge < -0.3 is 5.11 Å². The van der Waals surface area contributed by atoms with Gasteiger partial charge in [0.2, 0.25) is 0 Å². The Hall–Kier alpha value is -0.600. The highest BCUT2D eigenvalue weighted by molar-refractivity contribution is 7.91. The lowest BCUT2D eigenvalue weighted by Crippen LogP contribution is -2.48. The third-order valence-electron chi connectivity index (χ3n) is 5.16. The molecule has 0 bridgehead atoms. The van der Waals surface area contributed by atoms with Gasteiger partial charge >= 0.3 is 0 Å². The van der Waals surface area contributed by atoms with Crippen LogP contribution in [-0.4, -0.2) is 30.6 Å². The second kappa shape index (κ2) is 5.06. The maximum Gasteiger partial charge on any atom is 0.152 e. The molecule has 3 atom stereocenters. The van der Waals surface area contributed by atoms with Crippen molar-refractivity contribution in [2.24, 2.45) is 11.3 Å². The molecule has 19 heavy (non-hydrogen) atoms.